The molecule has 0 saturated heterocycles. The van der Waals surface area contributed by atoms with Crippen LogP contribution < -0.4 is 10.6 Å². The van der Waals surface area contributed by atoms with Crippen LogP contribution in [0.5, 0.6) is 0 Å². The summed E-state index contributed by atoms with van der Waals surface area (Å²) >= 11 is 0. The Morgan fingerprint density at radius 2 is 1.92 bits per heavy atom. The number of amides is 2. The van der Waals surface area contributed by atoms with E-state index in [0.717, 1.165) is 36.7 Å². The van der Waals surface area contributed by atoms with Crippen molar-refractivity contribution in [1.82, 2.24) is 20.6 Å². The first-order chi connectivity index (χ1) is 12.7. The van der Waals surface area contributed by atoms with Crippen LogP contribution in [0.2, 0.25) is 0 Å². The van der Waals surface area contributed by atoms with Crippen LogP contribution in [0.15, 0.2) is 24.5 Å². The molecule has 1 atom stereocenters. The Morgan fingerprint density at radius 3 is 2.65 bits per heavy atom. The number of rotatable bonds is 5. The molecule has 1 aromatic heterocycles. The Kier molecular flexibility index (Phi) is 6.22. The van der Waals surface area contributed by atoms with Gasteiger partial charge in [0.15, 0.2) is 0 Å². The van der Waals surface area contributed by atoms with E-state index in [1.165, 1.54) is 19.3 Å². The number of imidazole rings is 1. The van der Waals surface area contributed by atoms with E-state index in [1.54, 1.807) is 24.5 Å². The number of aliphatic hydroxyl groups excluding tert-OH is 1. The summed E-state index contributed by atoms with van der Waals surface area (Å²) in [6.07, 6.45) is 9.33. The molecule has 1 aliphatic carbocycles. The molecule has 2 amide bonds. The molecule has 0 unspecified atom stereocenters. The molecule has 1 heterocycles. The summed E-state index contributed by atoms with van der Waals surface area (Å²) in [5, 5.41) is 15.2. The Morgan fingerprint density at radius 1 is 1.19 bits per heavy atom. The van der Waals surface area contributed by atoms with E-state index in [0.29, 0.717) is 5.56 Å². The SMILES string of the molecule is O=C(N[C@@H](CO)C(=O)NC1CCCCCCC1)c1ccc2nc[nH]c2c1. The largest absolute Gasteiger partial charge is 0.394 e. The molecule has 1 fully saturated rings. The van der Waals surface area contributed by atoms with Crippen LogP contribution in [0.1, 0.15) is 55.3 Å². The van der Waals surface area contributed by atoms with Gasteiger partial charge in [-0.1, -0.05) is 32.1 Å². The van der Waals surface area contributed by atoms with Gasteiger partial charge in [0.2, 0.25) is 5.91 Å². The van der Waals surface area contributed by atoms with Gasteiger partial charge in [-0.05, 0) is 31.0 Å². The zero-order valence-corrected chi connectivity index (χ0v) is 14.8. The van der Waals surface area contributed by atoms with E-state index >= 15 is 0 Å². The molecule has 7 nitrogen and oxygen atoms in total. The molecule has 3 rings (SSSR count). The number of nitrogens with zero attached hydrogens (tertiary/aromatic N) is 1. The van der Waals surface area contributed by atoms with Crippen LogP contribution in [-0.2, 0) is 4.79 Å². The van der Waals surface area contributed by atoms with E-state index in [1.807, 2.05) is 0 Å². The highest BCUT2D eigenvalue weighted by Gasteiger charge is 2.23. The van der Waals surface area contributed by atoms with Crippen LogP contribution in [0.25, 0.3) is 11.0 Å². The van der Waals surface area contributed by atoms with E-state index in [2.05, 4.69) is 20.6 Å². The number of aliphatic hydroxyl groups is 1. The topological polar surface area (TPSA) is 107 Å². The molecule has 7 heteroatoms. The maximum Gasteiger partial charge on any atom is 0.252 e. The zero-order valence-electron chi connectivity index (χ0n) is 14.8. The van der Waals surface area contributed by atoms with Crippen molar-refractivity contribution in [2.24, 2.45) is 0 Å². The predicted octanol–water partition coefficient (Wildman–Crippen LogP) is 1.88. The molecule has 2 aromatic rings. The summed E-state index contributed by atoms with van der Waals surface area (Å²) in [4.78, 5) is 32.0. The van der Waals surface area contributed by atoms with E-state index in [-0.39, 0.29) is 11.9 Å². The molecule has 0 bridgehead atoms. The van der Waals surface area contributed by atoms with Crippen molar-refractivity contribution >= 4 is 22.8 Å². The van der Waals surface area contributed by atoms with E-state index in [9.17, 15) is 14.7 Å². The average Bonchev–Trinajstić information content (AvgIpc) is 3.09. The van der Waals surface area contributed by atoms with Gasteiger partial charge in [-0.25, -0.2) is 4.98 Å². The number of hydrogen-bond donors (Lipinski definition) is 4. The Bertz CT molecular complexity index is 750. The first kappa shape index (κ1) is 18.4. The van der Waals surface area contributed by atoms with Gasteiger partial charge in [0.05, 0.1) is 24.0 Å². The second-order valence-electron chi connectivity index (χ2n) is 6.89. The third-order valence-corrected chi connectivity index (χ3v) is 4.94. The van der Waals surface area contributed by atoms with E-state index in [4.69, 9.17) is 0 Å². The molecule has 26 heavy (non-hydrogen) atoms. The number of benzene rings is 1. The van der Waals surface area contributed by atoms with Gasteiger partial charge >= 0.3 is 0 Å². The maximum absolute atomic E-state index is 12.5. The van der Waals surface area contributed by atoms with Crippen LogP contribution >= 0.6 is 0 Å². The van der Waals surface area contributed by atoms with Gasteiger partial charge in [0.1, 0.15) is 6.04 Å². The predicted molar refractivity (Wildman–Crippen MR) is 98.7 cm³/mol. The van der Waals surface area contributed by atoms with E-state index < -0.39 is 18.6 Å². The number of fused-ring (bicyclic) bond motifs is 1. The summed E-state index contributed by atoms with van der Waals surface area (Å²) in [5.41, 5.74) is 1.93. The summed E-state index contributed by atoms with van der Waals surface area (Å²) in [7, 11) is 0. The van der Waals surface area contributed by atoms with Crippen molar-refractivity contribution in [3.05, 3.63) is 30.1 Å². The minimum Gasteiger partial charge on any atom is -0.394 e. The fourth-order valence-corrected chi connectivity index (χ4v) is 3.41. The standard InChI is InChI=1S/C19H26N4O3/c24-11-17(19(26)22-14-6-4-2-1-3-5-7-14)23-18(25)13-8-9-15-16(10-13)21-12-20-15/h8-10,12,14,17,24H,1-7,11H2,(H,20,21)(H,22,26)(H,23,25)/t17-/m0/s1. The van der Waals surface area contributed by atoms with Gasteiger partial charge in [0.25, 0.3) is 5.91 Å². The minimum absolute atomic E-state index is 0.120. The van der Waals surface area contributed by atoms with Gasteiger partial charge in [-0.2, -0.15) is 0 Å². The first-order valence-electron chi connectivity index (χ1n) is 9.32. The molecular weight excluding hydrogens is 332 g/mol. The summed E-state index contributed by atoms with van der Waals surface area (Å²) in [6.45, 7) is -0.434. The highest BCUT2D eigenvalue weighted by Crippen LogP contribution is 2.17. The highest BCUT2D eigenvalue weighted by atomic mass is 16.3. The number of carbonyl (C=O) groups is 2. The Labute approximate surface area is 152 Å². The van der Waals surface area contributed by atoms with Gasteiger partial charge in [0, 0.05) is 11.6 Å². The first-order valence-corrected chi connectivity index (χ1v) is 9.32. The highest BCUT2D eigenvalue weighted by molar-refractivity contribution is 5.99. The molecule has 140 valence electrons. The third kappa shape index (κ3) is 4.60. The molecule has 1 aliphatic rings. The quantitative estimate of drug-likeness (QED) is 0.654. The molecule has 0 spiro atoms. The molecule has 1 aromatic carbocycles. The second kappa shape index (κ2) is 8.80. The molecule has 0 aliphatic heterocycles. The van der Waals surface area contributed by atoms with Gasteiger partial charge in [-0.3, -0.25) is 9.59 Å². The molecular formula is C19H26N4O3. The second-order valence-corrected chi connectivity index (χ2v) is 6.89. The fourth-order valence-electron chi connectivity index (χ4n) is 3.41. The molecule has 0 radical (unpaired) electrons. The fraction of sp³-hybridized carbons (Fsp3) is 0.526. The summed E-state index contributed by atoms with van der Waals surface area (Å²) in [6, 6.07) is 4.24. The molecule has 1 saturated carbocycles. The number of carbonyl (C=O) groups excluding carboxylic acids is 2. The van der Waals surface area contributed by atoms with Crippen LogP contribution in [-0.4, -0.2) is 45.6 Å². The Hall–Kier alpha value is -2.41. The lowest BCUT2D eigenvalue weighted by Gasteiger charge is -2.24. The van der Waals surface area contributed by atoms with Gasteiger partial charge < -0.3 is 20.7 Å². The number of nitrogens with one attached hydrogen (secondary N) is 3. The number of aromatic amines is 1. The maximum atomic E-state index is 12.5. The zero-order chi connectivity index (χ0) is 18.4. The summed E-state index contributed by atoms with van der Waals surface area (Å²) < 4.78 is 0. The lowest BCUT2D eigenvalue weighted by molar-refractivity contribution is -0.124. The molecule has 4 N–H and O–H groups in total. The Balaban J connectivity index is 1.59. The van der Waals surface area contributed by atoms with Crippen LogP contribution in [0, 0.1) is 0 Å². The number of H-pyrrole nitrogens is 1. The smallest absolute Gasteiger partial charge is 0.252 e. The van der Waals surface area contributed by atoms with Crippen molar-refractivity contribution in [1.29, 1.82) is 0 Å². The van der Waals surface area contributed by atoms with Crippen molar-refractivity contribution in [3.8, 4) is 0 Å². The normalized spacial score (nSPS) is 17.3. The minimum atomic E-state index is -0.953. The monoisotopic (exact) mass is 358 g/mol. The van der Waals surface area contributed by atoms with Crippen molar-refractivity contribution in [2.75, 3.05) is 6.61 Å². The lowest BCUT2D eigenvalue weighted by Crippen LogP contribution is -2.51. The van der Waals surface area contributed by atoms with Crippen molar-refractivity contribution in [3.63, 3.8) is 0 Å². The lowest BCUT2D eigenvalue weighted by atomic mass is 9.96. The third-order valence-electron chi connectivity index (χ3n) is 4.94. The van der Waals surface area contributed by atoms with Crippen LogP contribution in [0.4, 0.5) is 0 Å². The summed E-state index contributed by atoms with van der Waals surface area (Å²) in [5.74, 6) is -0.720. The number of hydrogen-bond acceptors (Lipinski definition) is 4. The van der Waals surface area contributed by atoms with Crippen LogP contribution in [0.3, 0.4) is 0 Å². The van der Waals surface area contributed by atoms with Gasteiger partial charge in [-0.15, -0.1) is 0 Å². The average molecular weight is 358 g/mol. The van der Waals surface area contributed by atoms with Crippen molar-refractivity contribution in [2.45, 2.75) is 57.0 Å². The van der Waals surface area contributed by atoms with Crippen molar-refractivity contribution < 1.29 is 14.7 Å². The number of aromatic nitrogens is 2.